The number of carbonyl (C=O) groups is 1. The molecule has 1 fully saturated rings. The molecule has 180 valence electrons. The molecule has 2 atom stereocenters. The lowest BCUT2D eigenvalue weighted by Gasteiger charge is -2.43. The van der Waals surface area contributed by atoms with Gasteiger partial charge in [-0.25, -0.2) is 13.2 Å². The van der Waals surface area contributed by atoms with Gasteiger partial charge < -0.3 is 16.0 Å². The number of nitrogens with zero attached hydrogens (tertiary/aromatic N) is 1. The number of benzene rings is 1. The zero-order valence-corrected chi connectivity index (χ0v) is 20.8. The van der Waals surface area contributed by atoms with Gasteiger partial charge in [0.15, 0.2) is 9.84 Å². The molecule has 0 bridgehead atoms. The molecule has 1 aromatic carbocycles. The largest absolute Gasteiger partial charge is 0.336 e. The second-order valence-electron chi connectivity index (χ2n) is 9.68. The molecule has 1 aromatic rings. The minimum Gasteiger partial charge on any atom is -0.336 e. The van der Waals surface area contributed by atoms with Crippen LogP contribution in [0.25, 0.3) is 0 Å². The van der Waals surface area contributed by atoms with Gasteiger partial charge in [0, 0.05) is 24.0 Å². The predicted molar refractivity (Wildman–Crippen MR) is 131 cm³/mol. The average Bonchev–Trinajstić information content (AvgIpc) is 2.72. The molecular formula is C24H40N4O3S. The number of aryl methyl sites for hydroxylation is 1. The summed E-state index contributed by atoms with van der Waals surface area (Å²) in [6.07, 6.45) is 6.85. The van der Waals surface area contributed by atoms with Crippen molar-refractivity contribution in [2.75, 3.05) is 31.2 Å². The molecule has 1 saturated heterocycles. The van der Waals surface area contributed by atoms with Crippen LogP contribution in [-0.4, -0.2) is 62.7 Å². The van der Waals surface area contributed by atoms with E-state index in [0.717, 1.165) is 63.8 Å². The highest BCUT2D eigenvalue weighted by atomic mass is 32.2. The topological polar surface area (TPSA) is 90.5 Å². The molecule has 0 radical (unpaired) electrons. The van der Waals surface area contributed by atoms with Gasteiger partial charge in [-0.1, -0.05) is 13.0 Å². The molecule has 0 aromatic heterocycles. The fourth-order valence-corrected chi connectivity index (χ4v) is 7.04. The van der Waals surface area contributed by atoms with E-state index in [1.165, 1.54) is 17.4 Å². The van der Waals surface area contributed by atoms with Crippen LogP contribution in [-0.2, 0) is 22.7 Å². The fraction of sp³-hybridized carbons (Fsp3) is 0.708. The number of fused-ring (bicyclic) bond motifs is 1. The Bertz CT molecular complexity index is 881. The second-order valence-corrected chi connectivity index (χ2v) is 11.8. The monoisotopic (exact) mass is 464 g/mol. The summed E-state index contributed by atoms with van der Waals surface area (Å²) >= 11 is 0. The zero-order valence-electron chi connectivity index (χ0n) is 20.0. The van der Waals surface area contributed by atoms with Gasteiger partial charge in [-0.15, -0.1) is 0 Å². The van der Waals surface area contributed by atoms with Crippen molar-refractivity contribution in [1.82, 2.24) is 15.5 Å². The molecule has 7 nitrogen and oxygen atoms in total. The first-order chi connectivity index (χ1) is 15.2. The number of carbonyl (C=O) groups excluding carboxylic acids is 1. The number of urea groups is 1. The smallest absolute Gasteiger partial charge is 0.319 e. The average molecular weight is 465 g/mol. The van der Waals surface area contributed by atoms with Crippen LogP contribution in [0.2, 0.25) is 0 Å². The highest BCUT2D eigenvalue weighted by Gasteiger charge is 2.39. The highest BCUT2D eigenvalue weighted by Crippen LogP contribution is 2.33. The molecule has 2 unspecified atom stereocenters. The van der Waals surface area contributed by atoms with Crippen LogP contribution >= 0.6 is 0 Å². The minimum atomic E-state index is -3.22. The first-order valence-corrected chi connectivity index (χ1v) is 14.0. The number of anilines is 1. The van der Waals surface area contributed by atoms with Crippen LogP contribution in [0, 0.1) is 5.92 Å². The standard InChI is InChI=1S/C24H40N4O3S/c1-5-14-28(23(32(4,30)31)19-10-12-25-13-11-19)22-9-7-18-6-8-21(15-20(18)16-22)27-24(29)26-17(2)3/h6,8,15,17,19,22-23,25H,5,7,9-14,16H2,1-4H3,(H2,26,27,29). The Balaban J connectivity index is 1.82. The van der Waals surface area contributed by atoms with E-state index in [1.807, 2.05) is 19.9 Å². The highest BCUT2D eigenvalue weighted by molar-refractivity contribution is 7.91. The Morgan fingerprint density at radius 2 is 1.91 bits per heavy atom. The summed E-state index contributed by atoms with van der Waals surface area (Å²) in [6.45, 7) is 8.55. The summed E-state index contributed by atoms with van der Waals surface area (Å²) in [5.41, 5.74) is 3.29. The van der Waals surface area contributed by atoms with Gasteiger partial charge in [-0.2, -0.15) is 0 Å². The zero-order chi connectivity index (χ0) is 23.3. The van der Waals surface area contributed by atoms with Crippen molar-refractivity contribution in [3.8, 4) is 0 Å². The quantitative estimate of drug-likeness (QED) is 0.550. The van der Waals surface area contributed by atoms with E-state index in [9.17, 15) is 13.2 Å². The molecule has 3 N–H and O–H groups in total. The molecule has 0 spiro atoms. The molecule has 0 saturated carbocycles. The number of nitrogens with one attached hydrogen (secondary N) is 3. The van der Waals surface area contributed by atoms with E-state index in [2.05, 4.69) is 39.9 Å². The summed E-state index contributed by atoms with van der Waals surface area (Å²) in [5, 5.41) is 8.72. The van der Waals surface area contributed by atoms with Crippen LogP contribution in [0.15, 0.2) is 18.2 Å². The van der Waals surface area contributed by atoms with Gasteiger partial charge >= 0.3 is 6.03 Å². The lowest BCUT2D eigenvalue weighted by molar-refractivity contribution is 0.114. The number of hydrogen-bond acceptors (Lipinski definition) is 5. The summed E-state index contributed by atoms with van der Waals surface area (Å²) in [5.74, 6) is 0.173. The third kappa shape index (κ3) is 6.45. The molecule has 32 heavy (non-hydrogen) atoms. The predicted octanol–water partition coefficient (Wildman–Crippen LogP) is 3.16. The van der Waals surface area contributed by atoms with Crippen molar-refractivity contribution in [2.24, 2.45) is 5.92 Å². The molecule has 1 aliphatic carbocycles. The van der Waals surface area contributed by atoms with Gasteiger partial charge in [0.2, 0.25) is 0 Å². The Labute approximate surface area is 193 Å². The molecule has 8 heteroatoms. The minimum absolute atomic E-state index is 0.0718. The molecule has 2 amide bonds. The second kappa shape index (κ2) is 11.0. The normalized spacial score (nSPS) is 20.8. The number of amides is 2. The van der Waals surface area contributed by atoms with Crippen molar-refractivity contribution in [1.29, 1.82) is 0 Å². The van der Waals surface area contributed by atoms with Crippen LogP contribution < -0.4 is 16.0 Å². The third-order valence-electron chi connectivity index (χ3n) is 6.59. The molecule has 1 heterocycles. The number of hydrogen-bond donors (Lipinski definition) is 3. The van der Waals surface area contributed by atoms with E-state index < -0.39 is 15.2 Å². The maximum atomic E-state index is 13.0. The summed E-state index contributed by atoms with van der Waals surface area (Å²) < 4.78 is 26.0. The van der Waals surface area contributed by atoms with Gasteiger partial charge in [-0.05, 0) is 101 Å². The summed E-state index contributed by atoms with van der Waals surface area (Å²) in [7, 11) is -3.22. The Morgan fingerprint density at radius 1 is 1.19 bits per heavy atom. The van der Waals surface area contributed by atoms with Crippen molar-refractivity contribution in [2.45, 2.75) is 76.8 Å². The van der Waals surface area contributed by atoms with E-state index in [4.69, 9.17) is 0 Å². The van der Waals surface area contributed by atoms with Crippen LogP contribution in [0.3, 0.4) is 0 Å². The molecule has 1 aliphatic heterocycles. The maximum absolute atomic E-state index is 13.0. The fourth-order valence-electron chi connectivity index (χ4n) is 5.30. The van der Waals surface area contributed by atoms with Crippen molar-refractivity contribution in [3.05, 3.63) is 29.3 Å². The van der Waals surface area contributed by atoms with Gasteiger partial charge in [0.05, 0.1) is 0 Å². The first kappa shape index (κ1) is 25.0. The molecule has 3 rings (SSSR count). The van der Waals surface area contributed by atoms with Crippen LogP contribution in [0.1, 0.15) is 57.6 Å². The van der Waals surface area contributed by atoms with E-state index in [-0.39, 0.29) is 24.0 Å². The maximum Gasteiger partial charge on any atom is 0.319 e. The van der Waals surface area contributed by atoms with Crippen LogP contribution in [0.4, 0.5) is 10.5 Å². The SMILES string of the molecule is CCCN(C1CCc2ccc(NC(=O)NC(C)C)cc2C1)C(C1CCNCC1)S(C)(=O)=O. The van der Waals surface area contributed by atoms with E-state index >= 15 is 0 Å². The lowest BCUT2D eigenvalue weighted by Crippen LogP contribution is -2.54. The number of sulfone groups is 1. The van der Waals surface area contributed by atoms with Crippen molar-refractivity contribution >= 4 is 21.6 Å². The number of piperidine rings is 1. The Kier molecular flexibility index (Phi) is 8.58. The summed E-state index contributed by atoms with van der Waals surface area (Å²) in [4.78, 5) is 14.4. The molecular weight excluding hydrogens is 424 g/mol. The van der Waals surface area contributed by atoms with Crippen molar-refractivity contribution < 1.29 is 13.2 Å². The van der Waals surface area contributed by atoms with E-state index in [0.29, 0.717) is 0 Å². The Morgan fingerprint density at radius 3 is 2.53 bits per heavy atom. The van der Waals surface area contributed by atoms with Crippen molar-refractivity contribution in [3.63, 3.8) is 0 Å². The van der Waals surface area contributed by atoms with E-state index in [1.54, 1.807) is 0 Å². The summed E-state index contributed by atoms with van der Waals surface area (Å²) in [6, 6.07) is 6.17. The van der Waals surface area contributed by atoms with Gasteiger partial charge in [0.25, 0.3) is 0 Å². The lowest BCUT2D eigenvalue weighted by atomic mass is 9.86. The molecule has 2 aliphatic rings. The van der Waals surface area contributed by atoms with Gasteiger partial charge in [0.1, 0.15) is 5.37 Å². The Hall–Kier alpha value is -1.64. The van der Waals surface area contributed by atoms with Gasteiger partial charge in [-0.3, -0.25) is 4.90 Å². The first-order valence-electron chi connectivity index (χ1n) is 12.0. The third-order valence-corrected chi connectivity index (χ3v) is 8.12. The van der Waals surface area contributed by atoms with Crippen LogP contribution in [0.5, 0.6) is 0 Å². The number of rotatable bonds is 8.